The predicted octanol–water partition coefficient (Wildman–Crippen LogP) is 1.95. The van der Waals surface area contributed by atoms with Crippen LogP contribution in [0.25, 0.3) is 5.65 Å². The van der Waals surface area contributed by atoms with Gasteiger partial charge in [0.1, 0.15) is 5.65 Å². The average molecular weight is 293 g/mol. The zero-order chi connectivity index (χ0) is 14.8. The molecule has 2 N–H and O–H groups in total. The Labute approximate surface area is 122 Å². The summed E-state index contributed by atoms with van der Waals surface area (Å²) in [6, 6.07) is 1.78. The van der Waals surface area contributed by atoms with Crippen molar-refractivity contribution < 1.29 is 9.90 Å². The Kier molecular flexibility index (Phi) is 4.35. The number of hydrogen-bond acceptors (Lipinski definition) is 4. The summed E-state index contributed by atoms with van der Waals surface area (Å²) in [6.45, 7) is 6.48. The molecule has 2 rings (SSSR count). The third-order valence-corrected chi connectivity index (χ3v) is 3.71. The summed E-state index contributed by atoms with van der Waals surface area (Å²) < 4.78 is 1.90. The zero-order valence-corrected chi connectivity index (χ0v) is 12.7. The number of imidazole rings is 1. The van der Waals surface area contributed by atoms with E-state index >= 15 is 0 Å². The van der Waals surface area contributed by atoms with E-state index in [9.17, 15) is 4.79 Å². The molecular formula is C14H19N3O2S. The standard InChI is InChI=1S/C14H19N3O2S/c1-14(2,3)20-11-9-17-6-4-15-12(17)8-10(11)13(19)16-5-7-18/h4,6,8-9,18H,5,7H2,1-3H3,(H,16,19). The van der Waals surface area contributed by atoms with Crippen molar-refractivity contribution in [2.45, 2.75) is 30.4 Å². The minimum Gasteiger partial charge on any atom is -0.395 e. The first-order valence-electron chi connectivity index (χ1n) is 6.45. The van der Waals surface area contributed by atoms with Crippen molar-refractivity contribution in [3.8, 4) is 0 Å². The normalized spacial score (nSPS) is 11.8. The molecule has 20 heavy (non-hydrogen) atoms. The van der Waals surface area contributed by atoms with Crippen LogP contribution in [-0.4, -0.2) is 38.3 Å². The first-order chi connectivity index (χ1) is 9.40. The largest absolute Gasteiger partial charge is 0.395 e. The van der Waals surface area contributed by atoms with Crippen LogP contribution in [0.15, 0.2) is 29.6 Å². The Morgan fingerprint density at radius 1 is 1.50 bits per heavy atom. The zero-order valence-electron chi connectivity index (χ0n) is 11.9. The molecule has 0 spiro atoms. The molecule has 0 fully saturated rings. The number of carbonyl (C=O) groups excluding carboxylic acids is 1. The van der Waals surface area contributed by atoms with E-state index < -0.39 is 0 Å². The van der Waals surface area contributed by atoms with Crippen molar-refractivity contribution in [2.24, 2.45) is 0 Å². The molecule has 0 bridgehead atoms. The number of amides is 1. The molecular weight excluding hydrogens is 274 g/mol. The Balaban J connectivity index is 2.42. The molecule has 2 heterocycles. The number of carbonyl (C=O) groups is 1. The van der Waals surface area contributed by atoms with Crippen LogP contribution in [0.2, 0.25) is 0 Å². The number of hydrogen-bond donors (Lipinski definition) is 2. The third-order valence-electron chi connectivity index (χ3n) is 2.55. The van der Waals surface area contributed by atoms with Gasteiger partial charge in [0.25, 0.3) is 5.91 Å². The number of nitrogens with one attached hydrogen (secondary N) is 1. The van der Waals surface area contributed by atoms with Crippen LogP contribution < -0.4 is 5.32 Å². The monoisotopic (exact) mass is 293 g/mol. The second-order valence-corrected chi connectivity index (χ2v) is 7.31. The maximum absolute atomic E-state index is 12.2. The number of thioether (sulfide) groups is 1. The number of aliphatic hydroxyl groups excluding tert-OH is 1. The molecule has 0 atom stereocenters. The second kappa shape index (κ2) is 5.85. The summed E-state index contributed by atoms with van der Waals surface area (Å²) in [7, 11) is 0. The van der Waals surface area contributed by atoms with E-state index in [1.165, 1.54) is 0 Å². The van der Waals surface area contributed by atoms with Crippen LogP contribution in [0.3, 0.4) is 0 Å². The molecule has 0 radical (unpaired) electrons. The van der Waals surface area contributed by atoms with E-state index in [1.54, 1.807) is 24.0 Å². The first kappa shape index (κ1) is 14.9. The quantitative estimate of drug-likeness (QED) is 0.846. The highest BCUT2D eigenvalue weighted by Gasteiger charge is 2.19. The third kappa shape index (κ3) is 3.52. The molecule has 0 aliphatic rings. The number of nitrogens with zero attached hydrogens (tertiary/aromatic N) is 2. The molecule has 1 amide bonds. The molecule has 2 aromatic rings. The van der Waals surface area contributed by atoms with Gasteiger partial charge in [-0.2, -0.15) is 0 Å². The SMILES string of the molecule is CC(C)(C)Sc1cn2ccnc2cc1C(=O)NCCO. The molecule has 108 valence electrons. The van der Waals surface area contributed by atoms with E-state index in [1.807, 2.05) is 16.8 Å². The number of aliphatic hydroxyl groups is 1. The molecule has 2 aromatic heterocycles. The van der Waals surface area contributed by atoms with Crippen molar-refractivity contribution in [2.75, 3.05) is 13.2 Å². The first-order valence-corrected chi connectivity index (χ1v) is 7.27. The van der Waals surface area contributed by atoms with Gasteiger partial charge in [0.15, 0.2) is 0 Å². The maximum atomic E-state index is 12.2. The van der Waals surface area contributed by atoms with Crippen LogP contribution >= 0.6 is 11.8 Å². The molecule has 0 aliphatic carbocycles. The van der Waals surface area contributed by atoms with Crippen molar-refractivity contribution in [3.63, 3.8) is 0 Å². The average Bonchev–Trinajstić information content (AvgIpc) is 2.80. The summed E-state index contributed by atoms with van der Waals surface area (Å²) in [5.74, 6) is -0.184. The van der Waals surface area contributed by atoms with Gasteiger partial charge in [0, 0.05) is 34.8 Å². The van der Waals surface area contributed by atoms with Crippen molar-refractivity contribution in [3.05, 3.63) is 30.2 Å². The predicted molar refractivity (Wildman–Crippen MR) is 80.2 cm³/mol. The topological polar surface area (TPSA) is 66.6 Å². The maximum Gasteiger partial charge on any atom is 0.252 e. The minimum absolute atomic E-state index is 0.000265. The van der Waals surface area contributed by atoms with Gasteiger partial charge in [-0.25, -0.2) is 4.98 Å². The van der Waals surface area contributed by atoms with Crippen LogP contribution in [0.4, 0.5) is 0 Å². The fourth-order valence-corrected chi connectivity index (χ4v) is 2.88. The van der Waals surface area contributed by atoms with Crippen LogP contribution in [-0.2, 0) is 0 Å². The number of aromatic nitrogens is 2. The summed E-state index contributed by atoms with van der Waals surface area (Å²) in [6.07, 6.45) is 5.49. The number of rotatable bonds is 4. The summed E-state index contributed by atoms with van der Waals surface area (Å²) in [4.78, 5) is 17.3. The highest BCUT2D eigenvalue weighted by Crippen LogP contribution is 2.34. The number of pyridine rings is 1. The van der Waals surface area contributed by atoms with E-state index in [2.05, 4.69) is 31.1 Å². The highest BCUT2D eigenvalue weighted by atomic mass is 32.2. The Morgan fingerprint density at radius 2 is 2.25 bits per heavy atom. The van der Waals surface area contributed by atoms with Gasteiger partial charge < -0.3 is 14.8 Å². The molecule has 0 aromatic carbocycles. The Morgan fingerprint density at radius 3 is 2.90 bits per heavy atom. The van der Waals surface area contributed by atoms with Gasteiger partial charge in [-0.05, 0) is 6.07 Å². The fourth-order valence-electron chi connectivity index (χ4n) is 1.79. The van der Waals surface area contributed by atoms with E-state index in [0.29, 0.717) is 5.56 Å². The van der Waals surface area contributed by atoms with E-state index in [0.717, 1.165) is 10.5 Å². The lowest BCUT2D eigenvalue weighted by Gasteiger charge is -2.20. The Bertz CT molecular complexity index is 616. The lowest BCUT2D eigenvalue weighted by Crippen LogP contribution is -2.27. The molecule has 0 unspecified atom stereocenters. The van der Waals surface area contributed by atoms with Crippen LogP contribution in [0.5, 0.6) is 0 Å². The van der Waals surface area contributed by atoms with Crippen LogP contribution in [0, 0.1) is 0 Å². The second-order valence-electron chi connectivity index (χ2n) is 5.44. The van der Waals surface area contributed by atoms with Crippen molar-refractivity contribution >= 4 is 23.3 Å². The van der Waals surface area contributed by atoms with E-state index in [4.69, 9.17) is 5.11 Å². The van der Waals surface area contributed by atoms with Gasteiger partial charge in [-0.3, -0.25) is 4.79 Å². The van der Waals surface area contributed by atoms with Crippen molar-refractivity contribution in [1.29, 1.82) is 0 Å². The van der Waals surface area contributed by atoms with Gasteiger partial charge in [-0.1, -0.05) is 20.8 Å². The summed E-state index contributed by atoms with van der Waals surface area (Å²) in [5.41, 5.74) is 1.33. The molecule has 6 heteroatoms. The van der Waals surface area contributed by atoms with Gasteiger partial charge in [0.2, 0.25) is 0 Å². The molecule has 5 nitrogen and oxygen atoms in total. The molecule has 0 aliphatic heterocycles. The summed E-state index contributed by atoms with van der Waals surface area (Å²) in [5, 5.41) is 11.5. The molecule has 0 saturated carbocycles. The van der Waals surface area contributed by atoms with Crippen molar-refractivity contribution in [1.82, 2.24) is 14.7 Å². The smallest absolute Gasteiger partial charge is 0.252 e. The highest BCUT2D eigenvalue weighted by molar-refractivity contribution is 8.00. The number of fused-ring (bicyclic) bond motifs is 1. The minimum atomic E-state index is -0.184. The fraction of sp³-hybridized carbons (Fsp3) is 0.429. The summed E-state index contributed by atoms with van der Waals surface area (Å²) >= 11 is 1.64. The van der Waals surface area contributed by atoms with Gasteiger partial charge in [0.05, 0.1) is 12.2 Å². The van der Waals surface area contributed by atoms with Gasteiger partial charge >= 0.3 is 0 Å². The Hall–Kier alpha value is -1.53. The van der Waals surface area contributed by atoms with E-state index in [-0.39, 0.29) is 23.8 Å². The lowest BCUT2D eigenvalue weighted by molar-refractivity contribution is 0.0942. The van der Waals surface area contributed by atoms with Crippen LogP contribution in [0.1, 0.15) is 31.1 Å². The lowest BCUT2D eigenvalue weighted by atomic mass is 10.2. The van der Waals surface area contributed by atoms with Gasteiger partial charge in [-0.15, -0.1) is 11.8 Å². The molecule has 0 saturated heterocycles.